The fourth-order valence-electron chi connectivity index (χ4n) is 3.23. The summed E-state index contributed by atoms with van der Waals surface area (Å²) in [5.41, 5.74) is 1.63. The smallest absolute Gasteiger partial charge is 0.339 e. The summed E-state index contributed by atoms with van der Waals surface area (Å²) in [4.78, 5) is 31.4. The van der Waals surface area contributed by atoms with Crippen LogP contribution < -0.4 is 4.90 Å². The first-order valence-corrected chi connectivity index (χ1v) is 8.86. The summed E-state index contributed by atoms with van der Waals surface area (Å²) in [6, 6.07) is 13.8. The molecule has 2 aromatic rings. The first-order valence-electron chi connectivity index (χ1n) is 8.86. The number of ether oxygens (including phenoxy) is 1. The lowest BCUT2D eigenvalue weighted by Crippen LogP contribution is -2.45. The number of benzene rings is 1. The van der Waals surface area contributed by atoms with Crippen molar-refractivity contribution in [2.24, 2.45) is 0 Å². The van der Waals surface area contributed by atoms with Crippen LogP contribution in [0.2, 0.25) is 0 Å². The Morgan fingerprint density at radius 3 is 2.62 bits per heavy atom. The number of rotatable bonds is 7. The summed E-state index contributed by atoms with van der Waals surface area (Å²) >= 11 is 0. The SMILES string of the molecule is O=CN(CCOC(=O)c1cccnc1)C1CCN(c2ccccc2)CC1. The van der Waals surface area contributed by atoms with Gasteiger partial charge in [0.2, 0.25) is 6.41 Å². The highest BCUT2D eigenvalue weighted by molar-refractivity contribution is 5.88. The first-order chi connectivity index (χ1) is 12.8. The number of para-hydroxylation sites is 1. The molecule has 0 spiro atoms. The summed E-state index contributed by atoms with van der Waals surface area (Å²) < 4.78 is 5.25. The van der Waals surface area contributed by atoms with Gasteiger partial charge in [-0.05, 0) is 37.1 Å². The molecule has 136 valence electrons. The number of amides is 1. The lowest BCUT2D eigenvalue weighted by atomic mass is 10.0. The molecule has 0 radical (unpaired) electrons. The zero-order valence-corrected chi connectivity index (χ0v) is 14.7. The molecule has 6 nitrogen and oxygen atoms in total. The van der Waals surface area contributed by atoms with Crippen LogP contribution in [0.25, 0.3) is 0 Å². The molecule has 1 aromatic carbocycles. The lowest BCUT2D eigenvalue weighted by Gasteiger charge is -2.37. The van der Waals surface area contributed by atoms with Crippen molar-refractivity contribution in [2.75, 3.05) is 31.1 Å². The molecule has 1 aromatic heterocycles. The first kappa shape index (κ1) is 17.9. The molecule has 0 saturated carbocycles. The minimum atomic E-state index is -0.414. The van der Waals surface area contributed by atoms with E-state index in [-0.39, 0.29) is 12.6 Å². The van der Waals surface area contributed by atoms with E-state index in [4.69, 9.17) is 4.74 Å². The number of carbonyl (C=O) groups excluding carboxylic acids is 2. The summed E-state index contributed by atoms with van der Waals surface area (Å²) in [7, 11) is 0. The monoisotopic (exact) mass is 353 g/mol. The molecule has 1 saturated heterocycles. The number of carbonyl (C=O) groups is 2. The number of piperidine rings is 1. The quantitative estimate of drug-likeness (QED) is 0.565. The predicted octanol–water partition coefficient (Wildman–Crippen LogP) is 2.37. The van der Waals surface area contributed by atoms with Crippen molar-refractivity contribution in [3.63, 3.8) is 0 Å². The van der Waals surface area contributed by atoms with Gasteiger partial charge in [0.15, 0.2) is 0 Å². The van der Waals surface area contributed by atoms with E-state index in [1.54, 1.807) is 23.2 Å². The fourth-order valence-corrected chi connectivity index (χ4v) is 3.23. The molecule has 6 heteroatoms. The highest BCUT2D eigenvalue weighted by Crippen LogP contribution is 2.21. The van der Waals surface area contributed by atoms with Crippen molar-refractivity contribution in [1.82, 2.24) is 9.88 Å². The number of aromatic nitrogens is 1. The van der Waals surface area contributed by atoms with Crippen molar-refractivity contribution >= 4 is 18.1 Å². The molecule has 1 amide bonds. The molecule has 26 heavy (non-hydrogen) atoms. The van der Waals surface area contributed by atoms with Crippen molar-refractivity contribution in [2.45, 2.75) is 18.9 Å². The van der Waals surface area contributed by atoms with Gasteiger partial charge in [0.25, 0.3) is 0 Å². The van der Waals surface area contributed by atoms with Crippen LogP contribution in [0, 0.1) is 0 Å². The standard InChI is InChI=1S/C20H23N3O3/c24-16-23(13-14-26-20(25)17-5-4-10-21-15-17)19-8-11-22(12-9-19)18-6-2-1-3-7-18/h1-7,10,15-16,19H,8-9,11-14H2. The average molecular weight is 353 g/mol. The summed E-state index contributed by atoms with van der Waals surface area (Å²) in [5, 5.41) is 0. The second-order valence-corrected chi connectivity index (χ2v) is 6.27. The Labute approximate surface area is 153 Å². The maximum atomic E-state index is 11.9. The zero-order chi connectivity index (χ0) is 18.2. The summed E-state index contributed by atoms with van der Waals surface area (Å²) in [6.07, 6.45) is 5.75. The maximum Gasteiger partial charge on any atom is 0.339 e. The van der Waals surface area contributed by atoms with Crippen LogP contribution in [-0.2, 0) is 9.53 Å². The molecule has 2 heterocycles. The predicted molar refractivity (Wildman–Crippen MR) is 99.0 cm³/mol. The number of esters is 1. The molecule has 0 N–H and O–H groups in total. The van der Waals surface area contributed by atoms with Crippen LogP contribution in [0.3, 0.4) is 0 Å². The zero-order valence-electron chi connectivity index (χ0n) is 14.7. The Morgan fingerprint density at radius 2 is 1.96 bits per heavy atom. The fraction of sp³-hybridized carbons (Fsp3) is 0.350. The number of anilines is 1. The molecular weight excluding hydrogens is 330 g/mol. The van der Waals surface area contributed by atoms with Gasteiger partial charge in [-0.3, -0.25) is 9.78 Å². The Hall–Kier alpha value is -2.89. The molecule has 1 aliphatic rings. The number of hydrogen-bond donors (Lipinski definition) is 0. The topological polar surface area (TPSA) is 62.7 Å². The van der Waals surface area contributed by atoms with Crippen LogP contribution in [-0.4, -0.2) is 54.5 Å². The van der Waals surface area contributed by atoms with Crippen LogP contribution in [0.5, 0.6) is 0 Å². The third-order valence-electron chi connectivity index (χ3n) is 4.67. The second-order valence-electron chi connectivity index (χ2n) is 6.27. The molecule has 3 rings (SSSR count). The van der Waals surface area contributed by atoms with Gasteiger partial charge in [0.1, 0.15) is 6.61 Å². The van der Waals surface area contributed by atoms with Gasteiger partial charge in [0.05, 0.1) is 12.1 Å². The van der Waals surface area contributed by atoms with Gasteiger partial charge < -0.3 is 14.5 Å². The van der Waals surface area contributed by atoms with E-state index in [0.717, 1.165) is 32.3 Å². The van der Waals surface area contributed by atoms with Gasteiger partial charge in [-0.15, -0.1) is 0 Å². The van der Waals surface area contributed by atoms with Crippen molar-refractivity contribution in [3.05, 3.63) is 60.4 Å². The highest BCUT2D eigenvalue weighted by atomic mass is 16.5. The van der Waals surface area contributed by atoms with E-state index in [1.807, 2.05) is 18.2 Å². The van der Waals surface area contributed by atoms with E-state index in [9.17, 15) is 9.59 Å². The lowest BCUT2D eigenvalue weighted by molar-refractivity contribution is -0.121. The Kier molecular flexibility index (Phi) is 6.19. The minimum absolute atomic E-state index is 0.185. The highest BCUT2D eigenvalue weighted by Gasteiger charge is 2.24. The Bertz CT molecular complexity index is 701. The van der Waals surface area contributed by atoms with Crippen LogP contribution in [0.1, 0.15) is 23.2 Å². The third-order valence-corrected chi connectivity index (χ3v) is 4.67. The number of hydrogen-bond acceptors (Lipinski definition) is 5. The van der Waals surface area contributed by atoms with Crippen LogP contribution >= 0.6 is 0 Å². The average Bonchev–Trinajstić information content (AvgIpc) is 2.72. The van der Waals surface area contributed by atoms with E-state index < -0.39 is 5.97 Å². The number of pyridine rings is 1. The molecular formula is C20H23N3O3. The van der Waals surface area contributed by atoms with Crippen molar-refractivity contribution < 1.29 is 14.3 Å². The molecule has 0 unspecified atom stereocenters. The molecule has 0 aliphatic carbocycles. The largest absolute Gasteiger partial charge is 0.460 e. The van der Waals surface area contributed by atoms with E-state index in [1.165, 1.54) is 11.9 Å². The molecule has 0 bridgehead atoms. The van der Waals surface area contributed by atoms with Gasteiger partial charge in [0, 0.05) is 37.2 Å². The Balaban J connectivity index is 1.45. The van der Waals surface area contributed by atoms with Crippen molar-refractivity contribution in [3.8, 4) is 0 Å². The molecule has 1 aliphatic heterocycles. The van der Waals surface area contributed by atoms with E-state index in [2.05, 4.69) is 22.0 Å². The van der Waals surface area contributed by atoms with E-state index >= 15 is 0 Å². The third kappa shape index (κ3) is 4.59. The number of nitrogens with zero attached hydrogens (tertiary/aromatic N) is 3. The van der Waals surface area contributed by atoms with Gasteiger partial charge in [-0.1, -0.05) is 18.2 Å². The van der Waals surface area contributed by atoms with Gasteiger partial charge in [-0.2, -0.15) is 0 Å². The summed E-state index contributed by atoms with van der Waals surface area (Å²) in [6.45, 7) is 2.42. The van der Waals surface area contributed by atoms with Crippen LogP contribution in [0.4, 0.5) is 5.69 Å². The second kappa shape index (κ2) is 8.99. The minimum Gasteiger partial charge on any atom is -0.460 e. The van der Waals surface area contributed by atoms with Gasteiger partial charge in [-0.25, -0.2) is 4.79 Å². The molecule has 1 fully saturated rings. The molecule has 0 atom stereocenters. The summed E-state index contributed by atoms with van der Waals surface area (Å²) in [5.74, 6) is -0.414. The van der Waals surface area contributed by atoms with Crippen LogP contribution in [0.15, 0.2) is 54.9 Å². The van der Waals surface area contributed by atoms with Crippen molar-refractivity contribution in [1.29, 1.82) is 0 Å². The van der Waals surface area contributed by atoms with Gasteiger partial charge >= 0.3 is 5.97 Å². The maximum absolute atomic E-state index is 11.9. The Morgan fingerprint density at radius 1 is 1.19 bits per heavy atom. The normalized spacial score (nSPS) is 14.7. The van der Waals surface area contributed by atoms with E-state index in [0.29, 0.717) is 12.1 Å².